The molecule has 0 N–H and O–H groups in total. The van der Waals surface area contributed by atoms with E-state index >= 15 is 0 Å². The van der Waals surface area contributed by atoms with Crippen molar-refractivity contribution in [3.63, 3.8) is 0 Å². The van der Waals surface area contributed by atoms with Crippen LogP contribution in [0.3, 0.4) is 0 Å². The van der Waals surface area contributed by atoms with Gasteiger partial charge in [-0.2, -0.15) is 0 Å². The molecule has 0 aromatic heterocycles. The molecule has 0 heterocycles. The number of hydrogen-bond donors (Lipinski definition) is 0. The minimum Gasteiger partial charge on any atom is -0.327 e. The summed E-state index contributed by atoms with van der Waals surface area (Å²) in [5.41, 5.74) is 0. The first kappa shape index (κ1) is 18.6. The third-order valence-electron chi connectivity index (χ3n) is 3.36. The second kappa shape index (κ2) is 7.43. The molecule has 0 spiro atoms. The Morgan fingerprint density at radius 2 is 0.870 bits per heavy atom. The quantitative estimate of drug-likeness (QED) is 0.613. The lowest BCUT2D eigenvalue weighted by Gasteiger charge is -2.38. The average Bonchev–Trinajstić information content (AvgIpc) is 2.47. The number of rotatable bonds is 4. The Bertz CT molecular complexity index is 542. The van der Waals surface area contributed by atoms with Gasteiger partial charge in [-0.3, -0.25) is 0 Å². The molecule has 0 aliphatic rings. The van der Waals surface area contributed by atoms with Crippen LogP contribution >= 0.6 is 16.3 Å². The van der Waals surface area contributed by atoms with Crippen LogP contribution in [0.15, 0.2) is 60.7 Å². The highest BCUT2D eigenvalue weighted by atomic mass is 31.2. The van der Waals surface area contributed by atoms with Crippen molar-refractivity contribution in [3.05, 3.63) is 60.7 Å². The molecule has 23 heavy (non-hydrogen) atoms. The normalized spacial score (nSPS) is 15.2. The molecule has 0 radical (unpaired) electrons. The van der Waals surface area contributed by atoms with Gasteiger partial charge in [0.25, 0.3) is 0 Å². The van der Waals surface area contributed by atoms with Gasteiger partial charge < -0.3 is 4.31 Å². The second-order valence-corrected chi connectivity index (χ2v) is 13.2. The third kappa shape index (κ3) is 5.12. The molecule has 3 heteroatoms. The summed E-state index contributed by atoms with van der Waals surface area (Å²) in [7, 11) is -1.39. The molecule has 0 amide bonds. The Hall–Kier alpha value is -0.740. The van der Waals surface area contributed by atoms with Gasteiger partial charge in [0.1, 0.15) is 0 Å². The van der Waals surface area contributed by atoms with Gasteiger partial charge in [-0.1, -0.05) is 102 Å². The lowest BCUT2D eigenvalue weighted by Crippen LogP contribution is -2.25. The van der Waals surface area contributed by atoms with E-state index in [4.69, 9.17) is 4.31 Å². The molecule has 0 saturated carbocycles. The van der Waals surface area contributed by atoms with Crippen LogP contribution in [-0.4, -0.2) is 10.3 Å². The van der Waals surface area contributed by atoms with Gasteiger partial charge in [0.15, 0.2) is 0 Å². The van der Waals surface area contributed by atoms with Gasteiger partial charge in [0, 0.05) is 20.9 Å². The zero-order chi connectivity index (χ0) is 17.1. The molecule has 2 rings (SSSR count). The van der Waals surface area contributed by atoms with Gasteiger partial charge in [0.05, 0.1) is 16.3 Å². The van der Waals surface area contributed by atoms with Crippen LogP contribution < -0.4 is 10.6 Å². The maximum atomic E-state index is 6.88. The molecule has 0 aliphatic carbocycles. The Balaban J connectivity index is 2.39. The second-order valence-electron chi connectivity index (χ2n) is 7.68. The molecule has 0 bridgehead atoms. The van der Waals surface area contributed by atoms with Crippen molar-refractivity contribution in [3.8, 4) is 0 Å². The summed E-state index contributed by atoms with van der Waals surface area (Å²) >= 11 is 0. The van der Waals surface area contributed by atoms with Crippen molar-refractivity contribution >= 4 is 26.9 Å². The third-order valence-corrected chi connectivity index (χ3v) is 8.64. The van der Waals surface area contributed by atoms with Crippen molar-refractivity contribution in [1.82, 2.24) is 0 Å². The molecule has 2 aromatic carbocycles. The maximum Gasteiger partial charge on any atom is 0.0712 e. The molecule has 2 aromatic rings. The van der Waals surface area contributed by atoms with E-state index in [9.17, 15) is 0 Å². The van der Waals surface area contributed by atoms with Crippen LogP contribution in [0, 0.1) is 0 Å². The summed E-state index contributed by atoms with van der Waals surface area (Å²) in [4.78, 5) is 0. The molecule has 0 saturated heterocycles. The van der Waals surface area contributed by atoms with Crippen molar-refractivity contribution in [1.29, 1.82) is 0 Å². The monoisotopic (exact) mass is 346 g/mol. The number of hydrogen-bond acceptors (Lipinski definition) is 1. The first-order chi connectivity index (χ1) is 10.7. The summed E-state index contributed by atoms with van der Waals surface area (Å²) in [6.07, 6.45) is 0. The predicted molar refractivity (Wildman–Crippen MR) is 107 cm³/mol. The van der Waals surface area contributed by atoms with E-state index < -0.39 is 16.3 Å². The topological polar surface area (TPSA) is 9.23 Å². The Kier molecular flexibility index (Phi) is 6.01. The van der Waals surface area contributed by atoms with Crippen molar-refractivity contribution in [2.45, 2.75) is 51.9 Å². The minimum atomic E-state index is -0.695. The van der Waals surface area contributed by atoms with Crippen LogP contribution in [-0.2, 0) is 4.31 Å². The molecule has 2 atom stereocenters. The highest BCUT2D eigenvalue weighted by molar-refractivity contribution is 7.75. The van der Waals surface area contributed by atoms with Gasteiger partial charge >= 0.3 is 0 Å². The standard InChI is InChI=1S/C20H28OP2/c1-19(2,3)22(17-13-9-7-10-14-17)21-23(20(4,5)6)18-15-11-8-12-16-18/h7-16H,1-6H3. The maximum absolute atomic E-state index is 6.88. The predicted octanol–water partition coefficient (Wildman–Crippen LogP) is 6.04. The average molecular weight is 346 g/mol. The Morgan fingerprint density at radius 1 is 0.565 bits per heavy atom. The van der Waals surface area contributed by atoms with Gasteiger partial charge in [-0.25, -0.2) is 0 Å². The summed E-state index contributed by atoms with van der Waals surface area (Å²) in [6.45, 7) is 13.7. The summed E-state index contributed by atoms with van der Waals surface area (Å²) < 4.78 is 6.88. The highest BCUT2D eigenvalue weighted by Crippen LogP contribution is 2.63. The fourth-order valence-corrected chi connectivity index (χ4v) is 8.12. The van der Waals surface area contributed by atoms with E-state index in [-0.39, 0.29) is 10.3 Å². The SMILES string of the molecule is CC(C)(C)P(OP(c1ccccc1)C(C)(C)C)c1ccccc1. The molecular weight excluding hydrogens is 318 g/mol. The van der Waals surface area contributed by atoms with E-state index in [1.807, 2.05) is 0 Å². The fourth-order valence-electron chi connectivity index (χ4n) is 2.32. The van der Waals surface area contributed by atoms with Crippen molar-refractivity contribution in [2.24, 2.45) is 0 Å². The van der Waals surface area contributed by atoms with Crippen LogP contribution in [0.1, 0.15) is 41.5 Å². The first-order valence-corrected chi connectivity index (χ1v) is 10.6. The summed E-state index contributed by atoms with van der Waals surface area (Å²) in [5, 5.41) is 2.86. The lowest BCUT2D eigenvalue weighted by molar-refractivity contribution is 0.604. The minimum absolute atomic E-state index is 0.108. The zero-order valence-corrected chi connectivity index (χ0v) is 16.9. The Morgan fingerprint density at radius 3 is 1.13 bits per heavy atom. The van der Waals surface area contributed by atoms with Crippen LogP contribution in [0.2, 0.25) is 0 Å². The molecule has 0 aliphatic heterocycles. The number of benzene rings is 2. The van der Waals surface area contributed by atoms with E-state index in [0.717, 1.165) is 0 Å². The smallest absolute Gasteiger partial charge is 0.0712 e. The van der Waals surface area contributed by atoms with E-state index in [2.05, 4.69) is 102 Å². The van der Waals surface area contributed by atoms with Crippen molar-refractivity contribution < 1.29 is 4.31 Å². The molecule has 1 nitrogen and oxygen atoms in total. The van der Waals surface area contributed by atoms with Gasteiger partial charge in [-0.05, 0) is 0 Å². The highest BCUT2D eigenvalue weighted by Gasteiger charge is 2.35. The molecule has 124 valence electrons. The van der Waals surface area contributed by atoms with Crippen LogP contribution in [0.4, 0.5) is 0 Å². The molecule has 2 unspecified atom stereocenters. The van der Waals surface area contributed by atoms with E-state index in [1.54, 1.807) is 0 Å². The summed E-state index contributed by atoms with van der Waals surface area (Å²) in [5.74, 6) is 0. The largest absolute Gasteiger partial charge is 0.327 e. The van der Waals surface area contributed by atoms with Crippen LogP contribution in [0.25, 0.3) is 0 Å². The first-order valence-electron chi connectivity index (χ1n) is 8.08. The van der Waals surface area contributed by atoms with E-state index in [1.165, 1.54) is 10.6 Å². The molecule has 0 fully saturated rings. The van der Waals surface area contributed by atoms with E-state index in [0.29, 0.717) is 0 Å². The Labute approximate surface area is 144 Å². The fraction of sp³-hybridized carbons (Fsp3) is 0.400. The summed E-state index contributed by atoms with van der Waals surface area (Å²) in [6, 6.07) is 21.4. The molecular formula is C20H28OP2. The van der Waals surface area contributed by atoms with Gasteiger partial charge in [-0.15, -0.1) is 0 Å². The van der Waals surface area contributed by atoms with Gasteiger partial charge in [0.2, 0.25) is 0 Å². The van der Waals surface area contributed by atoms with Crippen LogP contribution in [0.5, 0.6) is 0 Å². The van der Waals surface area contributed by atoms with Crippen molar-refractivity contribution in [2.75, 3.05) is 0 Å². The lowest BCUT2D eigenvalue weighted by atomic mass is 10.3. The zero-order valence-electron chi connectivity index (χ0n) is 15.1.